The summed E-state index contributed by atoms with van der Waals surface area (Å²) in [6, 6.07) is 16.1. The van der Waals surface area contributed by atoms with Gasteiger partial charge in [-0.25, -0.2) is 9.97 Å². The Hall–Kier alpha value is -3.08. The van der Waals surface area contributed by atoms with Crippen molar-refractivity contribution in [2.24, 2.45) is 0 Å². The zero-order chi connectivity index (χ0) is 15.8. The van der Waals surface area contributed by atoms with Crippen LogP contribution in [0.3, 0.4) is 0 Å². The molecule has 114 valence electrons. The minimum atomic E-state index is 0.519. The third-order valence-corrected chi connectivity index (χ3v) is 3.88. The van der Waals surface area contributed by atoms with Crippen LogP contribution in [0, 0.1) is 6.92 Å². The van der Waals surface area contributed by atoms with E-state index in [4.69, 9.17) is 5.73 Å². The Morgan fingerprint density at radius 1 is 1.04 bits per heavy atom. The number of para-hydroxylation sites is 1. The van der Waals surface area contributed by atoms with Crippen LogP contribution in [0.2, 0.25) is 0 Å². The van der Waals surface area contributed by atoms with E-state index in [1.165, 1.54) is 5.56 Å². The van der Waals surface area contributed by atoms with Crippen LogP contribution in [-0.2, 0) is 6.54 Å². The van der Waals surface area contributed by atoms with Crippen molar-refractivity contribution in [3.05, 3.63) is 59.9 Å². The molecule has 23 heavy (non-hydrogen) atoms. The molecule has 0 spiro atoms. The molecule has 4 aromatic rings. The fraction of sp³-hybridized carbons (Fsp3) is 0.111. The summed E-state index contributed by atoms with van der Waals surface area (Å²) in [7, 11) is 0. The smallest absolute Gasteiger partial charge is 0.126 e. The van der Waals surface area contributed by atoms with E-state index < -0.39 is 0 Å². The number of anilines is 2. The van der Waals surface area contributed by atoms with E-state index in [-0.39, 0.29) is 0 Å². The number of nitrogens with two attached hydrogens (primary N) is 1. The molecule has 0 bridgehead atoms. The number of aryl methyl sites for hydroxylation is 1. The molecule has 0 radical (unpaired) electrons. The number of aromatic nitrogens is 3. The van der Waals surface area contributed by atoms with Crippen LogP contribution in [-0.4, -0.2) is 15.0 Å². The summed E-state index contributed by atoms with van der Waals surface area (Å²) in [5.74, 6) is 1.45. The summed E-state index contributed by atoms with van der Waals surface area (Å²) in [6.07, 6.45) is 0. The number of pyridine rings is 1. The monoisotopic (exact) mass is 303 g/mol. The third-order valence-electron chi connectivity index (χ3n) is 3.88. The lowest BCUT2D eigenvalue weighted by Gasteiger charge is -2.10. The molecule has 2 heterocycles. The number of imidazole rings is 1. The number of H-pyrrole nitrogens is 1. The molecule has 0 atom stereocenters. The van der Waals surface area contributed by atoms with Crippen LogP contribution in [0.4, 0.5) is 11.5 Å². The average Bonchev–Trinajstić information content (AvgIpc) is 2.91. The lowest BCUT2D eigenvalue weighted by molar-refractivity contribution is 1.15. The zero-order valence-corrected chi connectivity index (χ0v) is 12.8. The quantitative estimate of drug-likeness (QED) is 0.540. The summed E-state index contributed by atoms with van der Waals surface area (Å²) in [6.45, 7) is 2.67. The Balaban J connectivity index is 1.65. The highest BCUT2D eigenvalue weighted by molar-refractivity contribution is 5.92. The maximum absolute atomic E-state index is 5.91. The highest BCUT2D eigenvalue weighted by Crippen LogP contribution is 2.25. The first kappa shape index (κ1) is 13.6. The maximum Gasteiger partial charge on any atom is 0.126 e. The molecule has 5 heteroatoms. The fourth-order valence-electron chi connectivity index (χ4n) is 2.83. The number of nitrogens with zero attached hydrogens (tertiary/aromatic N) is 2. The minimum Gasteiger partial charge on any atom is -0.384 e. The van der Waals surface area contributed by atoms with Crippen LogP contribution in [0.15, 0.2) is 48.5 Å². The highest BCUT2D eigenvalue weighted by atomic mass is 14.9. The zero-order valence-electron chi connectivity index (χ0n) is 12.8. The third kappa shape index (κ3) is 2.57. The van der Waals surface area contributed by atoms with Gasteiger partial charge in [-0.1, -0.05) is 24.3 Å². The first-order chi connectivity index (χ1) is 11.2. The van der Waals surface area contributed by atoms with Gasteiger partial charge in [-0.05, 0) is 30.7 Å². The summed E-state index contributed by atoms with van der Waals surface area (Å²) in [4.78, 5) is 12.1. The maximum atomic E-state index is 5.91. The first-order valence-electron chi connectivity index (χ1n) is 7.53. The van der Waals surface area contributed by atoms with Crippen molar-refractivity contribution >= 4 is 33.4 Å². The van der Waals surface area contributed by atoms with Crippen molar-refractivity contribution in [3.63, 3.8) is 0 Å². The van der Waals surface area contributed by atoms with Gasteiger partial charge >= 0.3 is 0 Å². The van der Waals surface area contributed by atoms with Crippen molar-refractivity contribution in [1.29, 1.82) is 0 Å². The molecule has 0 amide bonds. The molecule has 0 unspecified atom stereocenters. The van der Waals surface area contributed by atoms with Gasteiger partial charge in [0.1, 0.15) is 11.6 Å². The summed E-state index contributed by atoms with van der Waals surface area (Å²) >= 11 is 0. The van der Waals surface area contributed by atoms with E-state index in [2.05, 4.69) is 32.4 Å². The molecule has 2 aromatic carbocycles. The molecule has 2 aromatic heterocycles. The van der Waals surface area contributed by atoms with Crippen molar-refractivity contribution < 1.29 is 0 Å². The molecule has 0 saturated carbocycles. The number of rotatable bonds is 3. The Morgan fingerprint density at radius 2 is 1.91 bits per heavy atom. The highest BCUT2D eigenvalue weighted by Gasteiger charge is 2.05. The van der Waals surface area contributed by atoms with Crippen LogP contribution >= 0.6 is 0 Å². The number of aromatic amines is 1. The van der Waals surface area contributed by atoms with Gasteiger partial charge in [0.05, 0.1) is 16.6 Å². The standard InChI is InChI=1S/C18H17N5/c1-11-21-15-7-6-12(8-17(15)22-11)10-20-16-9-18(19)23-14-5-3-2-4-13(14)16/h2-9H,10H2,1H3,(H,21,22)(H3,19,20,23). The van der Waals surface area contributed by atoms with Gasteiger partial charge in [-0.3, -0.25) is 0 Å². The normalized spacial score (nSPS) is 11.2. The molecular formula is C18H17N5. The number of fused-ring (bicyclic) bond motifs is 2. The number of nitrogen functional groups attached to an aromatic ring is 1. The molecule has 0 saturated heterocycles. The van der Waals surface area contributed by atoms with Gasteiger partial charge in [0.2, 0.25) is 0 Å². The van der Waals surface area contributed by atoms with E-state index in [0.29, 0.717) is 12.4 Å². The fourth-order valence-corrected chi connectivity index (χ4v) is 2.83. The lowest BCUT2D eigenvalue weighted by atomic mass is 10.1. The van der Waals surface area contributed by atoms with Crippen LogP contribution in [0.5, 0.6) is 0 Å². The van der Waals surface area contributed by atoms with E-state index in [0.717, 1.165) is 33.4 Å². The molecule has 0 fully saturated rings. The Bertz CT molecular complexity index is 1000. The number of nitrogens with one attached hydrogen (secondary N) is 2. The minimum absolute atomic E-state index is 0.519. The molecule has 5 nitrogen and oxygen atoms in total. The Morgan fingerprint density at radius 3 is 2.83 bits per heavy atom. The van der Waals surface area contributed by atoms with Gasteiger partial charge in [-0.2, -0.15) is 0 Å². The van der Waals surface area contributed by atoms with E-state index >= 15 is 0 Å². The molecule has 0 aliphatic rings. The first-order valence-corrected chi connectivity index (χ1v) is 7.53. The molecule has 4 N–H and O–H groups in total. The van der Waals surface area contributed by atoms with E-state index in [1.54, 1.807) is 0 Å². The summed E-state index contributed by atoms with van der Waals surface area (Å²) in [5.41, 5.74) is 11.0. The Kier molecular flexibility index (Phi) is 3.12. The predicted octanol–water partition coefficient (Wildman–Crippen LogP) is 3.61. The van der Waals surface area contributed by atoms with Crippen molar-refractivity contribution in [3.8, 4) is 0 Å². The topological polar surface area (TPSA) is 79.6 Å². The average molecular weight is 303 g/mol. The number of hydrogen-bond donors (Lipinski definition) is 3. The van der Waals surface area contributed by atoms with Gasteiger partial charge in [0, 0.05) is 23.7 Å². The summed E-state index contributed by atoms with van der Waals surface area (Å²) < 4.78 is 0. The van der Waals surface area contributed by atoms with E-state index in [1.807, 2.05) is 43.3 Å². The second-order valence-electron chi connectivity index (χ2n) is 5.64. The van der Waals surface area contributed by atoms with Crippen molar-refractivity contribution in [1.82, 2.24) is 15.0 Å². The van der Waals surface area contributed by atoms with E-state index in [9.17, 15) is 0 Å². The van der Waals surface area contributed by atoms with Crippen LogP contribution < -0.4 is 11.1 Å². The largest absolute Gasteiger partial charge is 0.384 e. The van der Waals surface area contributed by atoms with Crippen LogP contribution in [0.25, 0.3) is 21.9 Å². The second-order valence-corrected chi connectivity index (χ2v) is 5.64. The number of benzene rings is 2. The molecule has 0 aliphatic carbocycles. The van der Waals surface area contributed by atoms with Crippen LogP contribution in [0.1, 0.15) is 11.4 Å². The van der Waals surface area contributed by atoms with Gasteiger partial charge in [0.25, 0.3) is 0 Å². The van der Waals surface area contributed by atoms with Gasteiger partial charge < -0.3 is 16.0 Å². The van der Waals surface area contributed by atoms with Crippen molar-refractivity contribution in [2.45, 2.75) is 13.5 Å². The molecule has 0 aliphatic heterocycles. The molecular weight excluding hydrogens is 286 g/mol. The lowest BCUT2D eigenvalue weighted by Crippen LogP contribution is -2.02. The van der Waals surface area contributed by atoms with Crippen molar-refractivity contribution in [2.75, 3.05) is 11.1 Å². The number of hydrogen-bond acceptors (Lipinski definition) is 4. The van der Waals surface area contributed by atoms with Gasteiger partial charge in [0.15, 0.2) is 0 Å². The predicted molar refractivity (Wildman–Crippen MR) is 94.3 cm³/mol. The second kappa shape index (κ2) is 5.28. The SMILES string of the molecule is Cc1nc2ccc(CNc3cc(N)nc4ccccc34)cc2[nH]1. The summed E-state index contributed by atoms with van der Waals surface area (Å²) in [5, 5.41) is 4.53. The molecule has 4 rings (SSSR count). The Labute approximate surface area is 133 Å². The van der Waals surface area contributed by atoms with Gasteiger partial charge in [-0.15, -0.1) is 0 Å².